The highest BCUT2D eigenvalue weighted by Crippen LogP contribution is 2.50. The van der Waals surface area contributed by atoms with E-state index in [9.17, 15) is 5.11 Å². The van der Waals surface area contributed by atoms with Crippen LogP contribution in [0.25, 0.3) is 10.4 Å². The molecule has 2 aromatic carbocycles. The first-order valence-corrected chi connectivity index (χ1v) is 8.70. The summed E-state index contributed by atoms with van der Waals surface area (Å²) >= 11 is 12.2. The summed E-state index contributed by atoms with van der Waals surface area (Å²) < 4.78 is 11.5. The molecule has 2 heterocycles. The standard InChI is InChI=1S/C17H14Cl2N4O3/c18-9-1-3-12-15(5-9)26-16-6-10(19)2-4-13(16)23(12)14-8-25-7-11(17(14)24)21-22-20/h1-6,11,14,17,24H,7-8H2/t11?,14-,17-/m0/s1. The molecule has 0 spiro atoms. The largest absolute Gasteiger partial charge is 0.453 e. The van der Waals surface area contributed by atoms with Gasteiger partial charge in [-0.2, -0.15) is 0 Å². The molecule has 0 saturated carbocycles. The molecular formula is C17H14Cl2N4O3. The SMILES string of the molecule is [N-]=[N+]=NC1COC[C@H](N2c3ccc(Cl)cc3Oc3cc(Cl)ccc32)[C@H]1O. The summed E-state index contributed by atoms with van der Waals surface area (Å²) in [5.74, 6) is 1.09. The van der Waals surface area contributed by atoms with E-state index in [1.54, 1.807) is 24.3 Å². The monoisotopic (exact) mass is 392 g/mol. The van der Waals surface area contributed by atoms with Gasteiger partial charge < -0.3 is 19.5 Å². The van der Waals surface area contributed by atoms with Crippen molar-refractivity contribution in [3.05, 3.63) is 56.9 Å². The van der Waals surface area contributed by atoms with Crippen LogP contribution < -0.4 is 9.64 Å². The lowest BCUT2D eigenvalue weighted by Gasteiger charge is -2.43. The number of benzene rings is 2. The molecule has 1 fully saturated rings. The molecular weight excluding hydrogens is 379 g/mol. The van der Waals surface area contributed by atoms with Crippen LogP contribution in [0.5, 0.6) is 11.5 Å². The maximum Gasteiger partial charge on any atom is 0.152 e. The summed E-state index contributed by atoms with van der Waals surface area (Å²) in [6, 6.07) is 9.40. The number of ether oxygens (including phenoxy) is 2. The minimum Gasteiger partial charge on any atom is -0.453 e. The van der Waals surface area contributed by atoms with Gasteiger partial charge in [-0.1, -0.05) is 28.3 Å². The Morgan fingerprint density at radius 2 is 1.69 bits per heavy atom. The Morgan fingerprint density at radius 3 is 2.27 bits per heavy atom. The number of azide groups is 1. The van der Waals surface area contributed by atoms with Crippen LogP contribution in [0, 0.1) is 0 Å². The van der Waals surface area contributed by atoms with E-state index in [4.69, 9.17) is 38.2 Å². The van der Waals surface area contributed by atoms with Crippen LogP contribution in [0.15, 0.2) is 41.5 Å². The number of aliphatic hydroxyl groups excluding tert-OH is 1. The van der Waals surface area contributed by atoms with E-state index in [1.165, 1.54) is 0 Å². The van der Waals surface area contributed by atoms with E-state index < -0.39 is 18.2 Å². The summed E-state index contributed by atoms with van der Waals surface area (Å²) in [4.78, 5) is 4.73. The molecule has 1 N–H and O–H groups in total. The van der Waals surface area contributed by atoms with E-state index in [2.05, 4.69) is 10.0 Å². The van der Waals surface area contributed by atoms with Crippen molar-refractivity contribution >= 4 is 34.6 Å². The van der Waals surface area contributed by atoms with Crippen molar-refractivity contribution in [1.29, 1.82) is 0 Å². The molecule has 9 heteroatoms. The van der Waals surface area contributed by atoms with Gasteiger partial charge in [0.05, 0.1) is 42.8 Å². The Morgan fingerprint density at radius 1 is 1.08 bits per heavy atom. The number of rotatable bonds is 2. The first-order valence-electron chi connectivity index (χ1n) is 7.94. The highest BCUT2D eigenvalue weighted by atomic mass is 35.5. The first kappa shape index (κ1) is 17.3. The summed E-state index contributed by atoms with van der Waals surface area (Å²) in [5, 5.41) is 15.5. The van der Waals surface area contributed by atoms with Gasteiger partial charge in [0.2, 0.25) is 0 Å². The highest BCUT2D eigenvalue weighted by molar-refractivity contribution is 6.31. The Kier molecular flexibility index (Phi) is 4.56. The second-order valence-electron chi connectivity index (χ2n) is 6.06. The van der Waals surface area contributed by atoms with Crippen LogP contribution in [0.2, 0.25) is 10.0 Å². The Balaban J connectivity index is 1.83. The van der Waals surface area contributed by atoms with Crippen LogP contribution in [0.3, 0.4) is 0 Å². The zero-order chi connectivity index (χ0) is 18.3. The van der Waals surface area contributed by atoms with Gasteiger partial charge >= 0.3 is 0 Å². The molecule has 3 atom stereocenters. The molecule has 1 saturated heterocycles. The fourth-order valence-electron chi connectivity index (χ4n) is 3.30. The zero-order valence-electron chi connectivity index (χ0n) is 13.4. The number of halogens is 2. The molecule has 2 aromatic rings. The van der Waals surface area contributed by atoms with Crippen molar-refractivity contribution in [2.24, 2.45) is 5.11 Å². The number of hydrogen-bond donors (Lipinski definition) is 1. The summed E-state index contributed by atoms with van der Waals surface area (Å²) in [5.41, 5.74) is 10.2. The average molecular weight is 393 g/mol. The van der Waals surface area contributed by atoms with Gasteiger partial charge in [0.1, 0.15) is 0 Å². The van der Waals surface area contributed by atoms with Gasteiger partial charge in [-0.25, -0.2) is 0 Å². The molecule has 4 rings (SSSR count). The van der Waals surface area contributed by atoms with Crippen LogP contribution in [-0.2, 0) is 4.74 Å². The van der Waals surface area contributed by atoms with Gasteiger partial charge in [0.25, 0.3) is 0 Å². The maximum atomic E-state index is 10.8. The van der Waals surface area contributed by atoms with Crippen molar-refractivity contribution in [3.8, 4) is 11.5 Å². The second kappa shape index (κ2) is 6.87. The number of fused-ring (bicyclic) bond motifs is 2. The lowest BCUT2D eigenvalue weighted by molar-refractivity contribution is -0.0193. The van der Waals surface area contributed by atoms with Gasteiger partial charge in [-0.05, 0) is 29.8 Å². The van der Waals surface area contributed by atoms with Crippen molar-refractivity contribution in [1.82, 2.24) is 0 Å². The van der Waals surface area contributed by atoms with Crippen LogP contribution in [0.4, 0.5) is 11.4 Å². The third-order valence-electron chi connectivity index (χ3n) is 4.48. The van der Waals surface area contributed by atoms with Gasteiger partial charge in [0.15, 0.2) is 11.5 Å². The van der Waals surface area contributed by atoms with Crippen molar-refractivity contribution in [2.45, 2.75) is 18.2 Å². The molecule has 0 aromatic heterocycles. The van der Waals surface area contributed by atoms with Crippen molar-refractivity contribution in [2.75, 3.05) is 18.1 Å². The molecule has 134 valence electrons. The number of hydrogen-bond acceptors (Lipinski definition) is 5. The lowest BCUT2D eigenvalue weighted by atomic mass is 9.98. The van der Waals surface area contributed by atoms with Crippen LogP contribution >= 0.6 is 23.2 Å². The molecule has 2 aliphatic heterocycles. The molecule has 2 aliphatic rings. The lowest BCUT2D eigenvalue weighted by Crippen LogP contribution is -2.54. The van der Waals surface area contributed by atoms with E-state index >= 15 is 0 Å². The minimum atomic E-state index is -0.912. The predicted molar refractivity (Wildman–Crippen MR) is 98.7 cm³/mol. The van der Waals surface area contributed by atoms with E-state index in [0.29, 0.717) is 21.5 Å². The molecule has 0 radical (unpaired) electrons. The molecule has 0 aliphatic carbocycles. The molecule has 7 nitrogen and oxygen atoms in total. The molecule has 0 amide bonds. The average Bonchev–Trinajstić information content (AvgIpc) is 2.62. The quantitative estimate of drug-likeness (QED) is 0.456. The molecule has 0 bridgehead atoms. The first-order chi connectivity index (χ1) is 12.6. The third kappa shape index (κ3) is 2.94. The highest BCUT2D eigenvalue weighted by Gasteiger charge is 2.40. The Labute approximate surface area is 159 Å². The van der Waals surface area contributed by atoms with Crippen molar-refractivity contribution in [3.63, 3.8) is 0 Å². The predicted octanol–water partition coefficient (Wildman–Crippen LogP) is 4.68. The van der Waals surface area contributed by atoms with Gasteiger partial charge in [-0.15, -0.1) is 0 Å². The summed E-state index contributed by atoms with van der Waals surface area (Å²) in [7, 11) is 0. The van der Waals surface area contributed by atoms with E-state index in [0.717, 1.165) is 11.4 Å². The maximum absolute atomic E-state index is 10.8. The van der Waals surface area contributed by atoms with Crippen LogP contribution in [-0.4, -0.2) is 36.5 Å². The smallest absolute Gasteiger partial charge is 0.152 e. The second-order valence-corrected chi connectivity index (χ2v) is 6.94. The topological polar surface area (TPSA) is 90.7 Å². The molecule has 1 unspecified atom stereocenters. The Hall–Kier alpha value is -2.15. The Bertz CT molecular complexity index is 852. The van der Waals surface area contributed by atoms with E-state index in [1.807, 2.05) is 17.0 Å². The van der Waals surface area contributed by atoms with Crippen LogP contribution in [0.1, 0.15) is 0 Å². The number of nitrogens with zero attached hydrogens (tertiary/aromatic N) is 4. The van der Waals surface area contributed by atoms with Gasteiger partial charge in [0, 0.05) is 27.1 Å². The minimum absolute atomic E-state index is 0.174. The fraction of sp³-hybridized carbons (Fsp3) is 0.294. The summed E-state index contributed by atoms with van der Waals surface area (Å²) in [6.07, 6.45) is -0.912. The summed E-state index contributed by atoms with van der Waals surface area (Å²) in [6.45, 7) is 0.440. The molecule has 26 heavy (non-hydrogen) atoms. The third-order valence-corrected chi connectivity index (χ3v) is 4.95. The van der Waals surface area contributed by atoms with Gasteiger partial charge in [-0.3, -0.25) is 0 Å². The fourth-order valence-corrected chi connectivity index (χ4v) is 3.63. The number of aliphatic hydroxyl groups is 1. The van der Waals surface area contributed by atoms with Crippen molar-refractivity contribution < 1.29 is 14.6 Å². The zero-order valence-corrected chi connectivity index (χ0v) is 14.9. The normalized spacial score (nSPS) is 24.1. The van der Waals surface area contributed by atoms with E-state index in [-0.39, 0.29) is 13.2 Å². The number of anilines is 2.